The molecular formula is C16H32N4S. The summed E-state index contributed by atoms with van der Waals surface area (Å²) in [7, 11) is 4.25. The summed E-state index contributed by atoms with van der Waals surface area (Å²) >= 11 is 1.84. The second-order valence-electron chi connectivity index (χ2n) is 6.32. The monoisotopic (exact) mass is 312 g/mol. The predicted molar refractivity (Wildman–Crippen MR) is 94.5 cm³/mol. The molecule has 1 N–H and O–H groups in total. The first-order chi connectivity index (χ1) is 9.93. The number of aromatic nitrogens is 1. The van der Waals surface area contributed by atoms with Gasteiger partial charge in [0.25, 0.3) is 0 Å². The van der Waals surface area contributed by atoms with Gasteiger partial charge >= 0.3 is 0 Å². The third-order valence-corrected chi connectivity index (χ3v) is 4.52. The molecule has 0 aliphatic heterocycles. The minimum atomic E-state index is 0.689. The molecule has 1 aromatic rings. The van der Waals surface area contributed by atoms with E-state index < -0.39 is 0 Å². The van der Waals surface area contributed by atoms with E-state index in [-0.39, 0.29) is 0 Å². The molecule has 0 aliphatic carbocycles. The molecule has 5 heteroatoms. The van der Waals surface area contributed by atoms with Crippen LogP contribution in [0.2, 0.25) is 0 Å². The molecular weight excluding hydrogens is 280 g/mol. The summed E-state index contributed by atoms with van der Waals surface area (Å²) in [6, 6.07) is 0. The Kier molecular flexibility index (Phi) is 8.22. The van der Waals surface area contributed by atoms with Gasteiger partial charge in [-0.25, -0.2) is 4.98 Å². The maximum atomic E-state index is 4.79. The van der Waals surface area contributed by atoms with Crippen LogP contribution in [0.1, 0.15) is 37.8 Å². The van der Waals surface area contributed by atoms with Gasteiger partial charge in [-0.1, -0.05) is 20.8 Å². The van der Waals surface area contributed by atoms with Crippen LogP contribution in [0.4, 0.5) is 5.13 Å². The van der Waals surface area contributed by atoms with Crippen molar-refractivity contribution in [3.8, 4) is 0 Å². The maximum absolute atomic E-state index is 4.79. The van der Waals surface area contributed by atoms with E-state index in [1.54, 1.807) is 0 Å². The number of hydrogen-bond acceptors (Lipinski definition) is 5. The van der Waals surface area contributed by atoms with Gasteiger partial charge < -0.3 is 15.1 Å². The van der Waals surface area contributed by atoms with E-state index in [0.29, 0.717) is 5.92 Å². The summed E-state index contributed by atoms with van der Waals surface area (Å²) in [5, 5.41) is 4.70. The van der Waals surface area contributed by atoms with Gasteiger partial charge in [-0.15, -0.1) is 11.3 Å². The van der Waals surface area contributed by atoms with E-state index in [9.17, 15) is 0 Å². The van der Waals surface area contributed by atoms with Crippen molar-refractivity contribution in [1.29, 1.82) is 0 Å². The molecule has 0 aromatic carbocycles. The van der Waals surface area contributed by atoms with Crippen molar-refractivity contribution in [1.82, 2.24) is 15.2 Å². The first-order valence-corrected chi connectivity index (χ1v) is 8.82. The average molecular weight is 313 g/mol. The zero-order valence-corrected chi connectivity index (χ0v) is 15.4. The number of aryl methyl sites for hydroxylation is 1. The van der Waals surface area contributed by atoms with Gasteiger partial charge in [0, 0.05) is 31.1 Å². The largest absolute Gasteiger partial charge is 0.347 e. The van der Waals surface area contributed by atoms with Crippen LogP contribution >= 0.6 is 11.3 Å². The van der Waals surface area contributed by atoms with Crippen molar-refractivity contribution < 1.29 is 0 Å². The highest BCUT2D eigenvalue weighted by molar-refractivity contribution is 7.15. The number of thiazole rings is 1. The third kappa shape index (κ3) is 6.76. The Labute approximate surface area is 134 Å². The van der Waals surface area contributed by atoms with E-state index in [0.717, 1.165) is 39.1 Å². The van der Waals surface area contributed by atoms with Crippen molar-refractivity contribution in [2.45, 2.75) is 40.7 Å². The van der Waals surface area contributed by atoms with Crippen LogP contribution < -0.4 is 10.2 Å². The van der Waals surface area contributed by atoms with Gasteiger partial charge in [-0.05, 0) is 39.9 Å². The van der Waals surface area contributed by atoms with Crippen molar-refractivity contribution in [2.75, 3.05) is 45.2 Å². The number of nitrogens with zero attached hydrogens (tertiary/aromatic N) is 3. The molecule has 1 aromatic heterocycles. The summed E-state index contributed by atoms with van der Waals surface area (Å²) in [5.41, 5.74) is 1.18. The Morgan fingerprint density at radius 1 is 1.19 bits per heavy atom. The van der Waals surface area contributed by atoms with Crippen LogP contribution in [0.25, 0.3) is 0 Å². The fraction of sp³-hybridized carbons (Fsp3) is 0.812. The summed E-state index contributed by atoms with van der Waals surface area (Å²) in [6.45, 7) is 14.0. The molecule has 4 nitrogen and oxygen atoms in total. The van der Waals surface area contributed by atoms with Gasteiger partial charge in [0.1, 0.15) is 0 Å². The topological polar surface area (TPSA) is 31.4 Å². The van der Waals surface area contributed by atoms with E-state index >= 15 is 0 Å². The molecule has 0 saturated carbocycles. The van der Waals surface area contributed by atoms with E-state index in [2.05, 4.69) is 56.9 Å². The standard InChI is InChI=1S/C16H32N4S/c1-7-8-20(10-9-19(5)6)16-18-14(4)15(21-16)12-17-11-13(2)3/h13,17H,7-12H2,1-6H3. The second-order valence-corrected chi connectivity index (χ2v) is 7.38. The number of rotatable bonds is 10. The Balaban J connectivity index is 2.66. The molecule has 0 atom stereocenters. The highest BCUT2D eigenvalue weighted by atomic mass is 32.1. The van der Waals surface area contributed by atoms with Crippen LogP contribution in [0, 0.1) is 12.8 Å². The van der Waals surface area contributed by atoms with Crippen molar-refractivity contribution in [3.05, 3.63) is 10.6 Å². The molecule has 0 fully saturated rings. The fourth-order valence-electron chi connectivity index (χ4n) is 2.08. The minimum Gasteiger partial charge on any atom is -0.347 e. The molecule has 1 rings (SSSR count). The summed E-state index contributed by atoms with van der Waals surface area (Å²) in [6.07, 6.45) is 1.16. The van der Waals surface area contributed by atoms with Crippen LogP contribution in [0.5, 0.6) is 0 Å². The summed E-state index contributed by atoms with van der Waals surface area (Å²) in [4.78, 5) is 10.8. The first-order valence-electron chi connectivity index (χ1n) is 8.00. The molecule has 1 heterocycles. The average Bonchev–Trinajstić information content (AvgIpc) is 2.75. The molecule has 0 radical (unpaired) electrons. The van der Waals surface area contributed by atoms with Crippen molar-refractivity contribution in [2.24, 2.45) is 5.92 Å². The summed E-state index contributed by atoms with van der Waals surface area (Å²) < 4.78 is 0. The Hall–Kier alpha value is -0.650. The Morgan fingerprint density at radius 3 is 2.48 bits per heavy atom. The Morgan fingerprint density at radius 2 is 1.90 bits per heavy atom. The third-order valence-electron chi connectivity index (χ3n) is 3.30. The molecule has 0 bridgehead atoms. The lowest BCUT2D eigenvalue weighted by atomic mass is 10.2. The van der Waals surface area contributed by atoms with Crippen LogP contribution in [0.15, 0.2) is 0 Å². The maximum Gasteiger partial charge on any atom is 0.185 e. The molecule has 122 valence electrons. The van der Waals surface area contributed by atoms with Crippen LogP contribution in [-0.2, 0) is 6.54 Å². The molecule has 0 aliphatic rings. The smallest absolute Gasteiger partial charge is 0.185 e. The number of anilines is 1. The summed E-state index contributed by atoms with van der Waals surface area (Å²) in [5.74, 6) is 0.689. The lowest BCUT2D eigenvalue weighted by Crippen LogP contribution is -2.32. The molecule has 0 spiro atoms. The normalized spacial score (nSPS) is 11.6. The van der Waals surface area contributed by atoms with Crippen molar-refractivity contribution >= 4 is 16.5 Å². The zero-order chi connectivity index (χ0) is 15.8. The van der Waals surface area contributed by atoms with Gasteiger partial charge in [0.05, 0.1) is 5.69 Å². The molecule has 0 saturated heterocycles. The zero-order valence-electron chi connectivity index (χ0n) is 14.6. The number of hydrogen-bond donors (Lipinski definition) is 1. The first kappa shape index (κ1) is 18.4. The predicted octanol–water partition coefficient (Wildman–Crippen LogP) is 2.98. The fourth-order valence-corrected chi connectivity index (χ4v) is 3.16. The van der Waals surface area contributed by atoms with Crippen LogP contribution in [0.3, 0.4) is 0 Å². The Bertz CT molecular complexity index is 401. The SMILES string of the molecule is CCCN(CCN(C)C)c1nc(C)c(CNCC(C)C)s1. The quantitative estimate of drug-likeness (QED) is 0.720. The molecule has 21 heavy (non-hydrogen) atoms. The van der Waals surface area contributed by atoms with Crippen LogP contribution in [-0.4, -0.2) is 50.2 Å². The van der Waals surface area contributed by atoms with Gasteiger partial charge in [0.2, 0.25) is 0 Å². The highest BCUT2D eigenvalue weighted by Crippen LogP contribution is 2.26. The highest BCUT2D eigenvalue weighted by Gasteiger charge is 2.13. The van der Waals surface area contributed by atoms with E-state index in [4.69, 9.17) is 4.98 Å². The number of nitrogens with one attached hydrogen (secondary N) is 1. The minimum absolute atomic E-state index is 0.689. The van der Waals surface area contributed by atoms with Gasteiger partial charge in [0.15, 0.2) is 5.13 Å². The van der Waals surface area contributed by atoms with E-state index in [1.165, 1.54) is 15.7 Å². The van der Waals surface area contributed by atoms with Gasteiger partial charge in [-0.2, -0.15) is 0 Å². The second kappa shape index (κ2) is 9.38. The number of likely N-dealkylation sites (N-methyl/N-ethyl adjacent to an activating group) is 1. The lowest BCUT2D eigenvalue weighted by Gasteiger charge is -2.23. The van der Waals surface area contributed by atoms with Gasteiger partial charge in [-0.3, -0.25) is 0 Å². The lowest BCUT2D eigenvalue weighted by molar-refractivity contribution is 0.413. The molecule has 0 amide bonds. The molecule has 0 unspecified atom stereocenters. The van der Waals surface area contributed by atoms with E-state index in [1.807, 2.05) is 11.3 Å². The van der Waals surface area contributed by atoms with Crippen molar-refractivity contribution in [3.63, 3.8) is 0 Å².